The average Bonchev–Trinajstić information content (AvgIpc) is 2.71. The van der Waals surface area contributed by atoms with Crippen LogP contribution < -0.4 is 5.73 Å². The number of H-pyrrole nitrogens is 1. The van der Waals surface area contributed by atoms with E-state index in [0.717, 1.165) is 0 Å². The Morgan fingerprint density at radius 3 is 2.56 bits per heavy atom. The third kappa shape index (κ3) is 2.26. The van der Waals surface area contributed by atoms with Gasteiger partial charge in [0.25, 0.3) is 10.0 Å². The number of aromatic amines is 1. The Balaban J connectivity index is 3.16. The monoisotopic (exact) mass is 246 g/mol. The molecule has 0 unspecified atom stereocenters. The lowest BCUT2D eigenvalue weighted by Gasteiger charge is -2.35. The van der Waals surface area contributed by atoms with Crippen LogP contribution in [0.3, 0.4) is 0 Å². The summed E-state index contributed by atoms with van der Waals surface area (Å²) in [7, 11) is -3.54. The molecule has 6 nitrogen and oxygen atoms in total. The van der Waals surface area contributed by atoms with Crippen LogP contribution in [0, 0.1) is 0 Å². The van der Waals surface area contributed by atoms with Gasteiger partial charge in [0.15, 0.2) is 5.03 Å². The molecule has 1 heterocycles. The maximum atomic E-state index is 12.2. The van der Waals surface area contributed by atoms with Gasteiger partial charge in [-0.25, -0.2) is 8.42 Å². The second-order valence-electron chi connectivity index (χ2n) is 4.11. The number of hydrogen-bond acceptors (Lipinski definition) is 4. The predicted molar refractivity (Wildman–Crippen MR) is 61.3 cm³/mol. The number of hydrogen-bond donors (Lipinski definition) is 2. The number of rotatable bonds is 5. The van der Waals surface area contributed by atoms with Crippen LogP contribution >= 0.6 is 0 Å². The molecule has 1 aromatic rings. The van der Waals surface area contributed by atoms with Gasteiger partial charge in [-0.1, -0.05) is 6.92 Å². The normalized spacial score (nSPS) is 13.3. The molecule has 0 aromatic carbocycles. The van der Waals surface area contributed by atoms with Crippen molar-refractivity contribution in [3.8, 4) is 0 Å². The molecule has 0 amide bonds. The summed E-state index contributed by atoms with van der Waals surface area (Å²) < 4.78 is 25.8. The van der Waals surface area contributed by atoms with Gasteiger partial charge in [0.1, 0.15) is 0 Å². The van der Waals surface area contributed by atoms with E-state index in [0.29, 0.717) is 6.54 Å². The third-order valence-corrected chi connectivity index (χ3v) is 4.62. The number of sulfonamides is 1. The summed E-state index contributed by atoms with van der Waals surface area (Å²) in [6, 6.07) is 1.44. The van der Waals surface area contributed by atoms with Gasteiger partial charge in [-0.2, -0.15) is 9.40 Å². The number of nitrogens with two attached hydrogens (primary N) is 1. The summed E-state index contributed by atoms with van der Waals surface area (Å²) >= 11 is 0. The van der Waals surface area contributed by atoms with Crippen LogP contribution in [0.1, 0.15) is 20.8 Å². The summed E-state index contributed by atoms with van der Waals surface area (Å²) in [5.74, 6) is 0. The molecule has 1 aromatic heterocycles. The van der Waals surface area contributed by atoms with Crippen molar-refractivity contribution >= 4 is 10.0 Å². The van der Waals surface area contributed by atoms with Crippen molar-refractivity contribution in [1.82, 2.24) is 14.5 Å². The standard InChI is InChI=1S/C9H18N4O2S/c1-4-13(9(2,3)7-10)16(14,15)8-5-6-11-12-8/h5-6H,4,7,10H2,1-3H3,(H,11,12). The first-order valence-electron chi connectivity index (χ1n) is 5.08. The lowest BCUT2D eigenvalue weighted by molar-refractivity contribution is 0.243. The molecular formula is C9H18N4O2S. The molecule has 0 saturated carbocycles. The largest absolute Gasteiger partial charge is 0.329 e. The molecule has 0 radical (unpaired) electrons. The summed E-state index contributed by atoms with van der Waals surface area (Å²) in [5.41, 5.74) is 4.99. The SMILES string of the molecule is CCN(C(C)(C)CN)S(=O)(=O)c1ccn[nH]1. The van der Waals surface area contributed by atoms with Crippen molar-refractivity contribution in [1.29, 1.82) is 0 Å². The minimum Gasteiger partial charge on any atom is -0.329 e. The minimum absolute atomic E-state index is 0.0934. The molecule has 0 aliphatic carbocycles. The third-order valence-electron chi connectivity index (χ3n) is 2.51. The van der Waals surface area contributed by atoms with Gasteiger partial charge in [-0.05, 0) is 19.9 Å². The number of aromatic nitrogens is 2. The molecule has 1 rings (SSSR count). The van der Waals surface area contributed by atoms with E-state index in [-0.39, 0.29) is 11.6 Å². The Hall–Kier alpha value is -0.920. The van der Waals surface area contributed by atoms with Crippen molar-refractivity contribution in [2.24, 2.45) is 5.73 Å². The topological polar surface area (TPSA) is 92.1 Å². The van der Waals surface area contributed by atoms with E-state index in [4.69, 9.17) is 5.73 Å². The smallest absolute Gasteiger partial charge is 0.260 e. The lowest BCUT2D eigenvalue weighted by atomic mass is 10.1. The molecule has 0 aliphatic rings. The number of nitrogens with one attached hydrogen (secondary N) is 1. The fourth-order valence-electron chi connectivity index (χ4n) is 1.53. The van der Waals surface area contributed by atoms with Crippen LogP contribution in [-0.2, 0) is 10.0 Å². The molecule has 92 valence electrons. The van der Waals surface area contributed by atoms with Crippen molar-refractivity contribution in [2.45, 2.75) is 31.3 Å². The van der Waals surface area contributed by atoms with Crippen molar-refractivity contribution in [2.75, 3.05) is 13.1 Å². The Morgan fingerprint density at radius 2 is 2.19 bits per heavy atom. The lowest BCUT2D eigenvalue weighted by Crippen LogP contribution is -2.52. The van der Waals surface area contributed by atoms with Crippen LogP contribution in [-0.4, -0.2) is 41.5 Å². The van der Waals surface area contributed by atoms with Gasteiger partial charge in [0, 0.05) is 18.6 Å². The van der Waals surface area contributed by atoms with Gasteiger partial charge >= 0.3 is 0 Å². The molecular weight excluding hydrogens is 228 g/mol. The average molecular weight is 246 g/mol. The minimum atomic E-state index is -3.54. The van der Waals surface area contributed by atoms with Crippen molar-refractivity contribution in [3.05, 3.63) is 12.3 Å². The van der Waals surface area contributed by atoms with Crippen LogP contribution in [0.5, 0.6) is 0 Å². The van der Waals surface area contributed by atoms with E-state index >= 15 is 0 Å². The second kappa shape index (κ2) is 4.52. The molecule has 0 spiro atoms. The van der Waals surface area contributed by atoms with E-state index in [1.165, 1.54) is 16.6 Å². The van der Waals surface area contributed by atoms with E-state index in [2.05, 4.69) is 10.2 Å². The maximum absolute atomic E-state index is 12.2. The van der Waals surface area contributed by atoms with Gasteiger partial charge < -0.3 is 5.73 Å². The summed E-state index contributed by atoms with van der Waals surface area (Å²) in [4.78, 5) is 0. The Labute approximate surface area is 95.9 Å². The van der Waals surface area contributed by atoms with E-state index in [1.54, 1.807) is 20.8 Å². The van der Waals surface area contributed by atoms with Crippen LogP contribution in [0.25, 0.3) is 0 Å². The quantitative estimate of drug-likeness (QED) is 0.774. The molecule has 0 bridgehead atoms. The van der Waals surface area contributed by atoms with E-state index < -0.39 is 15.6 Å². The zero-order chi connectivity index (χ0) is 12.4. The Kier molecular flexibility index (Phi) is 3.72. The van der Waals surface area contributed by atoms with Gasteiger partial charge in [0.2, 0.25) is 0 Å². The fraction of sp³-hybridized carbons (Fsp3) is 0.667. The van der Waals surface area contributed by atoms with Gasteiger partial charge in [-0.3, -0.25) is 5.10 Å². The van der Waals surface area contributed by atoms with Crippen LogP contribution in [0.4, 0.5) is 0 Å². The van der Waals surface area contributed by atoms with E-state index in [9.17, 15) is 8.42 Å². The molecule has 0 atom stereocenters. The summed E-state index contributed by atoms with van der Waals surface area (Å²) in [6.07, 6.45) is 1.41. The molecule has 0 saturated heterocycles. The highest BCUT2D eigenvalue weighted by Crippen LogP contribution is 2.22. The van der Waals surface area contributed by atoms with Crippen LogP contribution in [0.2, 0.25) is 0 Å². The van der Waals surface area contributed by atoms with Gasteiger partial charge in [0.05, 0.1) is 6.20 Å². The van der Waals surface area contributed by atoms with E-state index in [1.807, 2.05) is 0 Å². The number of nitrogens with zero attached hydrogens (tertiary/aromatic N) is 2. The first kappa shape index (κ1) is 13.1. The Morgan fingerprint density at radius 1 is 1.56 bits per heavy atom. The molecule has 16 heavy (non-hydrogen) atoms. The number of likely N-dealkylation sites (N-methyl/N-ethyl adjacent to an activating group) is 1. The second-order valence-corrected chi connectivity index (χ2v) is 5.94. The van der Waals surface area contributed by atoms with Crippen molar-refractivity contribution < 1.29 is 8.42 Å². The molecule has 7 heteroatoms. The van der Waals surface area contributed by atoms with Gasteiger partial charge in [-0.15, -0.1) is 0 Å². The van der Waals surface area contributed by atoms with Crippen molar-refractivity contribution in [3.63, 3.8) is 0 Å². The maximum Gasteiger partial charge on any atom is 0.260 e. The zero-order valence-electron chi connectivity index (χ0n) is 9.77. The highest BCUT2D eigenvalue weighted by molar-refractivity contribution is 7.89. The molecule has 3 N–H and O–H groups in total. The first-order valence-corrected chi connectivity index (χ1v) is 6.52. The Bertz CT molecular complexity index is 424. The fourth-order valence-corrected chi connectivity index (χ4v) is 3.23. The zero-order valence-corrected chi connectivity index (χ0v) is 10.6. The van der Waals surface area contributed by atoms with Crippen LogP contribution in [0.15, 0.2) is 17.3 Å². The summed E-state index contributed by atoms with van der Waals surface area (Å²) in [5, 5.41) is 6.21. The highest BCUT2D eigenvalue weighted by atomic mass is 32.2. The molecule has 0 aliphatic heterocycles. The summed E-state index contributed by atoms with van der Waals surface area (Å²) in [6.45, 7) is 6.00. The first-order chi connectivity index (χ1) is 7.36. The molecule has 0 fully saturated rings. The predicted octanol–water partition coefficient (Wildman–Crippen LogP) is 0.158. The highest BCUT2D eigenvalue weighted by Gasteiger charge is 2.35.